The van der Waals surface area contributed by atoms with E-state index in [1.807, 2.05) is 36.4 Å². The summed E-state index contributed by atoms with van der Waals surface area (Å²) >= 11 is 0. The highest BCUT2D eigenvalue weighted by molar-refractivity contribution is 6.09. The predicted octanol–water partition coefficient (Wildman–Crippen LogP) is 3.18. The number of methoxy groups -OCH3 is 1. The summed E-state index contributed by atoms with van der Waals surface area (Å²) in [4.78, 5) is 0. The van der Waals surface area contributed by atoms with Gasteiger partial charge in [0.2, 0.25) is 0 Å². The van der Waals surface area contributed by atoms with Gasteiger partial charge in [-0.1, -0.05) is 18.2 Å². The first-order valence-electron chi connectivity index (χ1n) is 5.05. The predicted molar refractivity (Wildman–Crippen MR) is 64.7 cm³/mol. The highest BCUT2D eigenvalue weighted by Crippen LogP contribution is 2.36. The van der Waals surface area contributed by atoms with Crippen LogP contribution in [0.15, 0.2) is 40.8 Å². The van der Waals surface area contributed by atoms with E-state index >= 15 is 0 Å². The molecule has 0 amide bonds. The second-order valence-corrected chi connectivity index (χ2v) is 3.66. The van der Waals surface area contributed by atoms with Crippen LogP contribution in [-0.2, 0) is 0 Å². The zero-order valence-corrected chi connectivity index (χ0v) is 8.86. The maximum absolute atomic E-state index is 5.97. The molecule has 16 heavy (non-hydrogen) atoms. The maximum Gasteiger partial charge on any atom is 0.162 e. The zero-order chi connectivity index (χ0) is 11.1. The topological polar surface area (TPSA) is 48.4 Å². The number of nitrogens with two attached hydrogens (primary N) is 1. The van der Waals surface area contributed by atoms with E-state index in [1.54, 1.807) is 7.11 Å². The average Bonchev–Trinajstić information content (AvgIpc) is 2.69. The van der Waals surface area contributed by atoms with E-state index < -0.39 is 0 Å². The molecule has 0 saturated heterocycles. The van der Waals surface area contributed by atoms with Gasteiger partial charge in [-0.2, -0.15) is 0 Å². The third kappa shape index (κ3) is 1.08. The van der Waals surface area contributed by atoms with Gasteiger partial charge in [0.05, 0.1) is 7.11 Å². The first-order valence-corrected chi connectivity index (χ1v) is 5.05. The number of furan rings is 1. The molecule has 0 fully saturated rings. The molecule has 3 aromatic rings. The SMILES string of the molecule is COc1ccc2c(oc3ccccc32)c1N. The fourth-order valence-electron chi connectivity index (χ4n) is 1.97. The lowest BCUT2D eigenvalue weighted by Crippen LogP contribution is -1.91. The van der Waals surface area contributed by atoms with Crippen LogP contribution < -0.4 is 10.5 Å². The van der Waals surface area contributed by atoms with Crippen molar-refractivity contribution in [2.45, 2.75) is 0 Å². The van der Waals surface area contributed by atoms with E-state index in [0.717, 1.165) is 16.4 Å². The summed E-state index contributed by atoms with van der Waals surface area (Å²) in [6.07, 6.45) is 0. The van der Waals surface area contributed by atoms with Gasteiger partial charge in [-0.25, -0.2) is 0 Å². The van der Waals surface area contributed by atoms with E-state index in [-0.39, 0.29) is 0 Å². The molecule has 1 aromatic heterocycles. The summed E-state index contributed by atoms with van der Waals surface area (Å²) in [5.41, 5.74) is 8.07. The molecule has 0 spiro atoms. The molecule has 0 aliphatic rings. The number of nitrogen functional groups attached to an aromatic ring is 1. The molecule has 0 radical (unpaired) electrons. The van der Waals surface area contributed by atoms with Gasteiger partial charge in [0.25, 0.3) is 0 Å². The maximum atomic E-state index is 5.97. The molecule has 0 aliphatic carbocycles. The Bertz CT molecular complexity index is 670. The van der Waals surface area contributed by atoms with Crippen molar-refractivity contribution in [3.63, 3.8) is 0 Å². The van der Waals surface area contributed by atoms with Crippen molar-refractivity contribution in [1.82, 2.24) is 0 Å². The van der Waals surface area contributed by atoms with Crippen LogP contribution in [0.1, 0.15) is 0 Å². The molecule has 0 saturated carbocycles. The molecule has 1 heterocycles. The van der Waals surface area contributed by atoms with Crippen molar-refractivity contribution in [3.05, 3.63) is 36.4 Å². The normalized spacial score (nSPS) is 11.1. The first kappa shape index (κ1) is 9.09. The third-order valence-electron chi connectivity index (χ3n) is 2.77. The Kier molecular flexibility index (Phi) is 1.80. The highest BCUT2D eigenvalue weighted by Gasteiger charge is 2.11. The van der Waals surface area contributed by atoms with Crippen LogP contribution in [0.5, 0.6) is 5.75 Å². The van der Waals surface area contributed by atoms with Gasteiger partial charge in [0, 0.05) is 10.8 Å². The monoisotopic (exact) mass is 213 g/mol. The van der Waals surface area contributed by atoms with E-state index in [0.29, 0.717) is 17.0 Å². The molecule has 3 nitrogen and oxygen atoms in total. The second-order valence-electron chi connectivity index (χ2n) is 3.66. The minimum atomic E-state index is 0.552. The minimum absolute atomic E-state index is 0.552. The summed E-state index contributed by atoms with van der Waals surface area (Å²) in [5, 5.41) is 2.10. The van der Waals surface area contributed by atoms with Crippen molar-refractivity contribution in [2.24, 2.45) is 0 Å². The van der Waals surface area contributed by atoms with E-state index in [9.17, 15) is 0 Å². The Hall–Kier alpha value is -2.16. The summed E-state index contributed by atoms with van der Waals surface area (Å²) < 4.78 is 10.9. The standard InChI is InChI=1S/C13H11NO2/c1-15-11-7-6-9-8-4-2-3-5-10(8)16-13(9)12(11)14/h2-7H,14H2,1H3. The lowest BCUT2D eigenvalue weighted by Gasteiger charge is -2.03. The fourth-order valence-corrected chi connectivity index (χ4v) is 1.97. The van der Waals surface area contributed by atoms with Gasteiger partial charge in [0.1, 0.15) is 17.0 Å². The molecule has 2 aromatic carbocycles. The Morgan fingerprint density at radius 1 is 1.06 bits per heavy atom. The van der Waals surface area contributed by atoms with Crippen LogP contribution in [0.2, 0.25) is 0 Å². The average molecular weight is 213 g/mol. The number of ether oxygens (including phenoxy) is 1. The molecular weight excluding hydrogens is 202 g/mol. The smallest absolute Gasteiger partial charge is 0.162 e. The summed E-state index contributed by atoms with van der Waals surface area (Å²) in [7, 11) is 1.60. The van der Waals surface area contributed by atoms with Crippen molar-refractivity contribution in [2.75, 3.05) is 12.8 Å². The quantitative estimate of drug-likeness (QED) is 0.631. The summed E-state index contributed by atoms with van der Waals surface area (Å²) in [5.74, 6) is 0.645. The second kappa shape index (κ2) is 3.17. The van der Waals surface area contributed by atoms with Crippen molar-refractivity contribution in [1.29, 1.82) is 0 Å². The number of hydrogen-bond donors (Lipinski definition) is 1. The van der Waals surface area contributed by atoms with Crippen LogP contribution in [0.25, 0.3) is 21.9 Å². The largest absolute Gasteiger partial charge is 0.494 e. The van der Waals surface area contributed by atoms with E-state index in [2.05, 4.69) is 0 Å². The Morgan fingerprint density at radius 2 is 1.88 bits per heavy atom. The van der Waals surface area contributed by atoms with Crippen molar-refractivity contribution >= 4 is 27.6 Å². The lowest BCUT2D eigenvalue weighted by atomic mass is 10.1. The van der Waals surface area contributed by atoms with Crippen LogP contribution in [-0.4, -0.2) is 7.11 Å². The lowest BCUT2D eigenvalue weighted by molar-refractivity contribution is 0.417. The third-order valence-corrected chi connectivity index (χ3v) is 2.77. The van der Waals surface area contributed by atoms with Crippen LogP contribution in [0.3, 0.4) is 0 Å². The minimum Gasteiger partial charge on any atom is -0.494 e. The molecule has 0 unspecified atom stereocenters. The molecule has 80 valence electrons. The molecule has 3 heteroatoms. The van der Waals surface area contributed by atoms with Gasteiger partial charge in [-0.15, -0.1) is 0 Å². The van der Waals surface area contributed by atoms with Crippen molar-refractivity contribution in [3.8, 4) is 5.75 Å². The Balaban J connectivity index is 2.49. The molecule has 3 rings (SSSR count). The number of benzene rings is 2. The molecular formula is C13H11NO2. The zero-order valence-electron chi connectivity index (χ0n) is 8.86. The first-order chi connectivity index (χ1) is 7.81. The van der Waals surface area contributed by atoms with E-state index in [4.69, 9.17) is 14.9 Å². The van der Waals surface area contributed by atoms with Gasteiger partial charge < -0.3 is 14.9 Å². The van der Waals surface area contributed by atoms with Crippen LogP contribution in [0, 0.1) is 0 Å². The number of hydrogen-bond acceptors (Lipinski definition) is 3. The van der Waals surface area contributed by atoms with Gasteiger partial charge in [-0.3, -0.25) is 0 Å². The number of fused-ring (bicyclic) bond motifs is 3. The van der Waals surface area contributed by atoms with Crippen LogP contribution >= 0.6 is 0 Å². The molecule has 0 atom stereocenters. The fraction of sp³-hybridized carbons (Fsp3) is 0.0769. The van der Waals surface area contributed by atoms with Gasteiger partial charge in [-0.05, 0) is 18.2 Å². The number of anilines is 1. The molecule has 2 N–H and O–H groups in total. The van der Waals surface area contributed by atoms with Gasteiger partial charge >= 0.3 is 0 Å². The van der Waals surface area contributed by atoms with E-state index in [1.165, 1.54) is 0 Å². The number of rotatable bonds is 1. The molecule has 0 aliphatic heterocycles. The Labute approximate surface area is 92.4 Å². The van der Waals surface area contributed by atoms with Crippen LogP contribution in [0.4, 0.5) is 5.69 Å². The Morgan fingerprint density at radius 3 is 2.69 bits per heavy atom. The summed E-state index contributed by atoms with van der Waals surface area (Å²) in [6, 6.07) is 11.7. The molecule has 0 bridgehead atoms. The highest BCUT2D eigenvalue weighted by atomic mass is 16.5. The van der Waals surface area contributed by atoms with Crippen molar-refractivity contribution < 1.29 is 9.15 Å². The number of para-hydroxylation sites is 1. The summed E-state index contributed by atoms with van der Waals surface area (Å²) in [6.45, 7) is 0. The van der Waals surface area contributed by atoms with Gasteiger partial charge in [0.15, 0.2) is 5.58 Å².